The number of nitrogens with one attached hydrogen (secondary N) is 1. The highest BCUT2D eigenvalue weighted by Gasteiger charge is 2.72. The van der Waals surface area contributed by atoms with Gasteiger partial charge in [-0.25, -0.2) is 0 Å². The van der Waals surface area contributed by atoms with E-state index in [1.807, 2.05) is 30.3 Å². The summed E-state index contributed by atoms with van der Waals surface area (Å²) in [4.78, 5) is 54.3. The van der Waals surface area contributed by atoms with E-state index in [0.717, 1.165) is 17.5 Å². The van der Waals surface area contributed by atoms with Crippen LogP contribution < -0.4 is 5.32 Å². The van der Waals surface area contributed by atoms with Crippen LogP contribution in [-0.4, -0.2) is 45.0 Å². The number of amides is 2. The van der Waals surface area contributed by atoms with Gasteiger partial charge in [0.1, 0.15) is 11.1 Å². The van der Waals surface area contributed by atoms with Crippen LogP contribution in [0.1, 0.15) is 38.7 Å². The lowest BCUT2D eigenvalue weighted by Crippen LogP contribution is -2.83. The molecule has 2 aromatic carbocycles. The molecule has 3 atom stereocenters. The fraction of sp³-hybridized carbons (Fsp3) is 0.370. The average molecular weight is 472 g/mol. The quantitative estimate of drug-likeness (QED) is 0.544. The number of benzene rings is 2. The van der Waals surface area contributed by atoms with Crippen molar-refractivity contribution in [1.29, 1.82) is 0 Å². The SMILES string of the molecule is CC1(C)C(=O)C(c2cc(-c3ccccc3)ccc2[N+](=O)[O-])=C[C@@]23NC(=O)C4(CCCN4C2=O)CC13. The van der Waals surface area contributed by atoms with Gasteiger partial charge in [-0.3, -0.25) is 24.5 Å². The maximum Gasteiger partial charge on any atom is 0.277 e. The van der Waals surface area contributed by atoms with Crippen LogP contribution >= 0.6 is 0 Å². The highest BCUT2D eigenvalue weighted by atomic mass is 16.6. The first-order valence-corrected chi connectivity index (χ1v) is 11.9. The standard InChI is InChI=1S/C27H25N3O5/c1-25(2)21-15-26-11-6-12-29(26)24(33)27(21,28-23(26)32)14-19(22(25)31)18-13-17(9-10-20(18)30(34)35)16-7-4-3-5-8-16/h3-5,7-10,13-14,21H,6,11-12,15H2,1-2H3,(H,28,32)/t21?,26?,27-/m0/s1. The number of Topliss-reactive ketones (excluding diaryl/α,β-unsaturated/α-hetero) is 1. The van der Waals surface area contributed by atoms with Gasteiger partial charge in [-0.15, -0.1) is 0 Å². The van der Waals surface area contributed by atoms with Crippen molar-refractivity contribution in [2.75, 3.05) is 6.54 Å². The molecule has 0 saturated carbocycles. The lowest BCUT2D eigenvalue weighted by molar-refractivity contribution is -0.385. The zero-order chi connectivity index (χ0) is 24.8. The van der Waals surface area contributed by atoms with Crippen molar-refractivity contribution < 1.29 is 19.3 Å². The predicted octanol–water partition coefficient (Wildman–Crippen LogP) is 3.50. The van der Waals surface area contributed by atoms with Gasteiger partial charge in [0.25, 0.3) is 11.6 Å². The van der Waals surface area contributed by atoms with Crippen molar-refractivity contribution in [3.8, 4) is 11.1 Å². The third-order valence-corrected chi connectivity index (χ3v) is 8.59. The van der Waals surface area contributed by atoms with Crippen molar-refractivity contribution in [2.45, 2.75) is 44.2 Å². The monoisotopic (exact) mass is 471 g/mol. The van der Waals surface area contributed by atoms with E-state index in [1.54, 1.807) is 30.9 Å². The van der Waals surface area contributed by atoms with E-state index in [1.165, 1.54) is 12.1 Å². The van der Waals surface area contributed by atoms with Gasteiger partial charge in [-0.1, -0.05) is 44.2 Å². The fourth-order valence-electron chi connectivity index (χ4n) is 6.77. The molecule has 2 bridgehead atoms. The van der Waals surface area contributed by atoms with Gasteiger partial charge < -0.3 is 10.2 Å². The lowest BCUT2D eigenvalue weighted by Gasteiger charge is -2.62. The number of hydrogen-bond donors (Lipinski definition) is 1. The third kappa shape index (κ3) is 2.65. The Balaban J connectivity index is 1.59. The number of piperidine rings is 2. The summed E-state index contributed by atoms with van der Waals surface area (Å²) in [5.41, 5.74) is -1.67. The topological polar surface area (TPSA) is 110 Å². The average Bonchev–Trinajstić information content (AvgIpc) is 3.29. The van der Waals surface area contributed by atoms with Gasteiger partial charge in [0.05, 0.1) is 10.5 Å². The van der Waals surface area contributed by atoms with Gasteiger partial charge in [0.2, 0.25) is 5.91 Å². The number of allylic oxidation sites excluding steroid dienone is 1. The number of nitrogens with zero attached hydrogens (tertiary/aromatic N) is 2. The van der Waals surface area contributed by atoms with Crippen molar-refractivity contribution in [3.05, 3.63) is 70.3 Å². The number of carbonyl (C=O) groups is 3. The maximum absolute atomic E-state index is 13.9. The molecule has 4 saturated heterocycles. The molecule has 2 aromatic rings. The highest BCUT2D eigenvalue weighted by Crippen LogP contribution is 2.58. The molecule has 2 unspecified atom stereocenters. The smallest absolute Gasteiger partial charge is 0.277 e. The molecule has 7 rings (SSSR count). The first-order chi connectivity index (χ1) is 16.6. The number of carbonyl (C=O) groups excluding carboxylic acids is 3. The van der Waals surface area contributed by atoms with Gasteiger partial charge in [-0.2, -0.15) is 0 Å². The zero-order valence-electron chi connectivity index (χ0n) is 19.5. The first-order valence-electron chi connectivity index (χ1n) is 11.9. The molecule has 1 N–H and O–H groups in total. The Morgan fingerprint density at radius 2 is 1.80 bits per heavy atom. The molecule has 8 nitrogen and oxygen atoms in total. The van der Waals surface area contributed by atoms with Crippen LogP contribution in [0.15, 0.2) is 54.6 Å². The molecule has 4 heterocycles. The molecule has 0 aromatic heterocycles. The summed E-state index contributed by atoms with van der Waals surface area (Å²) >= 11 is 0. The molecule has 2 spiro atoms. The molecule has 4 aliphatic heterocycles. The Bertz CT molecular complexity index is 1360. The van der Waals surface area contributed by atoms with Gasteiger partial charge in [0, 0.05) is 29.5 Å². The van der Waals surface area contributed by atoms with E-state index in [4.69, 9.17) is 0 Å². The third-order valence-electron chi connectivity index (χ3n) is 8.59. The second kappa shape index (κ2) is 6.87. The minimum absolute atomic E-state index is 0.109. The predicted molar refractivity (Wildman–Crippen MR) is 128 cm³/mol. The Morgan fingerprint density at radius 3 is 2.51 bits per heavy atom. The van der Waals surface area contributed by atoms with Crippen LogP contribution in [0.3, 0.4) is 0 Å². The van der Waals surface area contributed by atoms with Crippen molar-refractivity contribution >= 4 is 28.9 Å². The van der Waals surface area contributed by atoms with Crippen LogP contribution in [0.25, 0.3) is 16.7 Å². The van der Waals surface area contributed by atoms with E-state index in [9.17, 15) is 24.5 Å². The second-order valence-corrected chi connectivity index (χ2v) is 10.6. The minimum atomic E-state index is -1.40. The molecule has 2 amide bonds. The van der Waals surface area contributed by atoms with E-state index < -0.39 is 27.3 Å². The van der Waals surface area contributed by atoms with E-state index in [0.29, 0.717) is 19.4 Å². The summed E-state index contributed by atoms with van der Waals surface area (Å²) in [6.45, 7) is 4.08. The number of ketones is 1. The summed E-state index contributed by atoms with van der Waals surface area (Å²) in [5.74, 6) is -1.09. The van der Waals surface area contributed by atoms with Crippen LogP contribution in [0.2, 0.25) is 0 Å². The minimum Gasteiger partial charge on any atom is -0.336 e. The largest absolute Gasteiger partial charge is 0.336 e. The van der Waals surface area contributed by atoms with Crippen molar-refractivity contribution in [3.63, 3.8) is 0 Å². The van der Waals surface area contributed by atoms with Crippen molar-refractivity contribution in [2.24, 2.45) is 11.3 Å². The molecule has 1 aliphatic carbocycles. The summed E-state index contributed by atoms with van der Waals surface area (Å²) in [6.07, 6.45) is 3.25. The molecule has 4 fully saturated rings. The molecule has 5 aliphatic rings. The van der Waals surface area contributed by atoms with E-state index >= 15 is 0 Å². The Hall–Kier alpha value is -3.81. The number of piperazine rings is 1. The first kappa shape index (κ1) is 21.7. The van der Waals surface area contributed by atoms with Gasteiger partial charge in [-0.05, 0) is 48.6 Å². The van der Waals surface area contributed by atoms with Crippen LogP contribution in [-0.2, 0) is 14.4 Å². The highest BCUT2D eigenvalue weighted by molar-refractivity contribution is 6.27. The Kier molecular flexibility index (Phi) is 4.26. The van der Waals surface area contributed by atoms with Crippen molar-refractivity contribution in [1.82, 2.24) is 10.2 Å². The summed E-state index contributed by atoms with van der Waals surface area (Å²) < 4.78 is 0. The van der Waals surface area contributed by atoms with Crippen LogP contribution in [0.5, 0.6) is 0 Å². The fourth-order valence-corrected chi connectivity index (χ4v) is 6.77. The van der Waals surface area contributed by atoms with E-state index in [2.05, 4.69) is 5.32 Å². The maximum atomic E-state index is 13.9. The van der Waals surface area contributed by atoms with E-state index in [-0.39, 0.29) is 34.4 Å². The van der Waals surface area contributed by atoms with Gasteiger partial charge >= 0.3 is 0 Å². The molecule has 8 heteroatoms. The number of fused-ring (bicyclic) bond motifs is 1. The van der Waals surface area contributed by atoms with Gasteiger partial charge in [0.15, 0.2) is 5.78 Å². The summed E-state index contributed by atoms with van der Waals surface area (Å²) in [5, 5.41) is 15.0. The number of nitro benzene ring substituents is 1. The lowest BCUT2D eigenvalue weighted by atomic mass is 9.51. The molecular weight excluding hydrogens is 446 g/mol. The Morgan fingerprint density at radius 1 is 1.06 bits per heavy atom. The number of rotatable bonds is 3. The number of hydrogen-bond acceptors (Lipinski definition) is 5. The molecule has 0 radical (unpaired) electrons. The Labute approximate surface area is 202 Å². The summed E-state index contributed by atoms with van der Waals surface area (Å²) in [6, 6.07) is 14.1. The van der Waals surface area contributed by atoms with Crippen LogP contribution in [0.4, 0.5) is 5.69 Å². The van der Waals surface area contributed by atoms with Crippen LogP contribution in [0, 0.1) is 21.4 Å². The normalized spacial score (nSPS) is 30.5. The molecular formula is C27H25N3O5. The second-order valence-electron chi connectivity index (χ2n) is 10.6. The summed E-state index contributed by atoms with van der Waals surface area (Å²) in [7, 11) is 0. The number of nitro groups is 1. The molecule has 35 heavy (non-hydrogen) atoms. The zero-order valence-corrected chi connectivity index (χ0v) is 19.5. The molecule has 178 valence electrons.